The molecule has 2 aromatic carbocycles. The monoisotopic (exact) mass is 500 g/mol. The van der Waals surface area contributed by atoms with Crippen molar-refractivity contribution in [2.45, 2.75) is 24.4 Å². The van der Waals surface area contributed by atoms with Crippen molar-refractivity contribution in [3.63, 3.8) is 0 Å². The third kappa shape index (κ3) is 3.78. The number of hydrogen-bond donors (Lipinski definition) is 1. The second-order valence-electron chi connectivity index (χ2n) is 8.10. The predicted molar refractivity (Wildman–Crippen MR) is 123 cm³/mol. The van der Waals surface area contributed by atoms with Gasteiger partial charge in [-0.3, -0.25) is 14.3 Å². The first-order chi connectivity index (χ1) is 16.1. The van der Waals surface area contributed by atoms with Crippen LogP contribution in [-0.4, -0.2) is 41.5 Å². The van der Waals surface area contributed by atoms with Gasteiger partial charge in [0.15, 0.2) is 9.84 Å². The van der Waals surface area contributed by atoms with Crippen molar-refractivity contribution >= 4 is 39.3 Å². The number of carbonyl (C=O) groups excluding carboxylic acids is 2. The zero-order chi connectivity index (χ0) is 24.2. The minimum Gasteiger partial charge on any atom is -0.365 e. The van der Waals surface area contributed by atoms with E-state index in [1.807, 2.05) is 0 Å². The molecule has 0 spiro atoms. The van der Waals surface area contributed by atoms with Crippen LogP contribution in [0.1, 0.15) is 27.2 Å². The number of benzene rings is 2. The van der Waals surface area contributed by atoms with Crippen LogP contribution in [0.15, 0.2) is 46.7 Å². The number of nitrogens with zero attached hydrogens (tertiary/aromatic N) is 3. The first-order valence-corrected chi connectivity index (χ1v) is 12.3. The van der Waals surface area contributed by atoms with Crippen molar-refractivity contribution in [3.8, 4) is 11.3 Å². The van der Waals surface area contributed by atoms with Crippen molar-refractivity contribution in [3.05, 3.63) is 75.0 Å². The Labute approximate surface area is 199 Å². The van der Waals surface area contributed by atoms with Gasteiger partial charge in [-0.15, -0.1) is 0 Å². The number of aromatic nitrogens is 2. The molecule has 0 unspecified atom stereocenters. The fraction of sp³-hybridized carbons (Fsp3) is 0.174. The summed E-state index contributed by atoms with van der Waals surface area (Å²) in [7, 11) is -3.47. The lowest BCUT2D eigenvalue weighted by Crippen LogP contribution is -2.40. The minimum atomic E-state index is -3.47. The number of fused-ring (bicyclic) bond motifs is 2. The van der Waals surface area contributed by atoms with E-state index in [0.29, 0.717) is 35.5 Å². The fourth-order valence-corrected chi connectivity index (χ4v) is 5.66. The number of rotatable bonds is 4. The smallest absolute Gasteiger partial charge is 0.252 e. The third-order valence-electron chi connectivity index (χ3n) is 5.94. The Kier molecular flexibility index (Phi) is 5.29. The topological polar surface area (TPSA) is 115 Å². The summed E-state index contributed by atoms with van der Waals surface area (Å²) in [4.78, 5) is 27.1. The molecule has 174 valence electrons. The number of nitrogens with two attached hydrogens (primary N) is 1. The Bertz CT molecular complexity index is 1510. The van der Waals surface area contributed by atoms with Crippen LogP contribution in [0.2, 0.25) is 5.02 Å². The van der Waals surface area contributed by atoms with Crippen molar-refractivity contribution in [1.82, 2.24) is 14.7 Å². The van der Waals surface area contributed by atoms with E-state index >= 15 is 0 Å². The molecule has 0 saturated carbocycles. The maximum Gasteiger partial charge on any atom is 0.252 e. The van der Waals surface area contributed by atoms with Gasteiger partial charge in [-0.05, 0) is 41.5 Å². The lowest BCUT2D eigenvalue weighted by Gasteiger charge is -2.28. The summed E-state index contributed by atoms with van der Waals surface area (Å²) in [6.07, 6.45) is 1.53. The van der Waals surface area contributed by atoms with E-state index in [9.17, 15) is 22.4 Å². The summed E-state index contributed by atoms with van der Waals surface area (Å²) in [5.74, 6) is -1.54. The molecule has 1 aromatic heterocycles. The molecule has 0 radical (unpaired) electrons. The molecule has 0 fully saturated rings. The van der Waals surface area contributed by atoms with Crippen LogP contribution in [0, 0.1) is 5.82 Å². The summed E-state index contributed by atoms with van der Waals surface area (Å²) < 4.78 is 39.5. The number of amides is 2. The molecule has 0 atom stereocenters. The van der Waals surface area contributed by atoms with Gasteiger partial charge in [0.05, 0.1) is 40.7 Å². The van der Waals surface area contributed by atoms with Crippen LogP contribution >= 0.6 is 11.6 Å². The van der Waals surface area contributed by atoms with Gasteiger partial charge in [0.25, 0.3) is 5.91 Å². The average molecular weight is 501 g/mol. The van der Waals surface area contributed by atoms with Crippen molar-refractivity contribution in [2.24, 2.45) is 5.73 Å². The lowest BCUT2D eigenvalue weighted by molar-refractivity contribution is -0.132. The summed E-state index contributed by atoms with van der Waals surface area (Å²) in [6, 6.07) is 8.93. The van der Waals surface area contributed by atoms with E-state index in [0.717, 1.165) is 5.41 Å². The van der Waals surface area contributed by atoms with Gasteiger partial charge >= 0.3 is 0 Å². The highest BCUT2D eigenvalue weighted by molar-refractivity contribution is 7.94. The Morgan fingerprint density at radius 3 is 2.68 bits per heavy atom. The maximum absolute atomic E-state index is 13.6. The van der Waals surface area contributed by atoms with Gasteiger partial charge in [-0.1, -0.05) is 23.7 Å². The van der Waals surface area contributed by atoms with Gasteiger partial charge in [0.2, 0.25) is 5.91 Å². The third-order valence-corrected chi connectivity index (χ3v) is 7.69. The second kappa shape index (κ2) is 8.07. The maximum atomic E-state index is 13.6. The van der Waals surface area contributed by atoms with E-state index in [-0.39, 0.29) is 40.0 Å². The summed E-state index contributed by atoms with van der Waals surface area (Å²) in [6.45, 7) is 0.780. The summed E-state index contributed by atoms with van der Waals surface area (Å²) in [5, 5.41) is 5.51. The zero-order valence-electron chi connectivity index (χ0n) is 17.7. The Balaban J connectivity index is 1.42. The molecule has 0 bridgehead atoms. The molecule has 2 N–H and O–H groups in total. The predicted octanol–water partition coefficient (Wildman–Crippen LogP) is 2.78. The van der Waals surface area contributed by atoms with Crippen molar-refractivity contribution in [2.75, 3.05) is 6.54 Å². The highest BCUT2D eigenvalue weighted by atomic mass is 35.5. The molecule has 2 amide bonds. The van der Waals surface area contributed by atoms with Crippen LogP contribution in [-0.2, 0) is 34.1 Å². The van der Waals surface area contributed by atoms with Gasteiger partial charge < -0.3 is 10.6 Å². The molecule has 2 aliphatic heterocycles. The molecular formula is C23H18ClFN4O4S. The minimum absolute atomic E-state index is 0.00324. The van der Waals surface area contributed by atoms with E-state index in [2.05, 4.69) is 5.10 Å². The molecule has 8 nitrogen and oxygen atoms in total. The van der Waals surface area contributed by atoms with E-state index in [1.165, 1.54) is 30.3 Å². The van der Waals surface area contributed by atoms with Crippen LogP contribution in [0.5, 0.6) is 0 Å². The van der Waals surface area contributed by atoms with Crippen LogP contribution in [0.4, 0.5) is 4.39 Å². The highest BCUT2D eigenvalue weighted by Gasteiger charge is 2.30. The highest BCUT2D eigenvalue weighted by Crippen LogP contribution is 2.31. The van der Waals surface area contributed by atoms with E-state index in [4.69, 9.17) is 17.3 Å². The van der Waals surface area contributed by atoms with Crippen molar-refractivity contribution < 1.29 is 22.4 Å². The molecule has 2 aliphatic rings. The molecular weight excluding hydrogens is 483 g/mol. The van der Waals surface area contributed by atoms with Gasteiger partial charge in [-0.2, -0.15) is 5.10 Å². The molecule has 0 aliphatic carbocycles. The molecule has 34 heavy (non-hydrogen) atoms. The molecule has 0 saturated heterocycles. The molecule has 5 rings (SSSR count). The first-order valence-electron chi connectivity index (χ1n) is 10.3. The molecule has 3 aromatic rings. The van der Waals surface area contributed by atoms with Crippen LogP contribution in [0.3, 0.4) is 0 Å². The molecule has 11 heteroatoms. The number of primary amides is 1. The fourth-order valence-electron chi connectivity index (χ4n) is 4.23. The standard InChI is InChI=1S/C23H18ClFN4O4S/c24-16-11-15(3-4-17(16)25)22-21(23(26)31)18-12-28(6-7-29(18)27-22)20(30)10-13-1-2-14-5-8-34(32,33)19(14)9-13/h1-5,8-9,11H,6-7,10,12H2,(H2,26,31). The molecule has 3 heterocycles. The van der Waals surface area contributed by atoms with E-state index in [1.54, 1.807) is 21.7 Å². The average Bonchev–Trinajstić information content (AvgIpc) is 3.32. The first kappa shape index (κ1) is 22.3. The SMILES string of the molecule is NC(=O)c1c(-c2ccc(F)c(Cl)c2)nn2c1CN(C(=O)Cc1ccc3c(c1)S(=O)(=O)C=C3)CC2. The number of halogens is 2. The largest absolute Gasteiger partial charge is 0.365 e. The zero-order valence-corrected chi connectivity index (χ0v) is 19.2. The Morgan fingerprint density at radius 1 is 1.15 bits per heavy atom. The van der Waals surface area contributed by atoms with Crippen LogP contribution < -0.4 is 5.73 Å². The van der Waals surface area contributed by atoms with Crippen molar-refractivity contribution in [1.29, 1.82) is 0 Å². The van der Waals surface area contributed by atoms with Crippen LogP contribution in [0.25, 0.3) is 17.3 Å². The normalized spacial score (nSPS) is 15.8. The van der Waals surface area contributed by atoms with Gasteiger partial charge in [0.1, 0.15) is 11.5 Å². The Morgan fingerprint density at radius 2 is 1.94 bits per heavy atom. The van der Waals surface area contributed by atoms with Gasteiger partial charge in [0, 0.05) is 17.5 Å². The number of carbonyl (C=O) groups is 2. The van der Waals surface area contributed by atoms with E-state index < -0.39 is 21.6 Å². The summed E-state index contributed by atoms with van der Waals surface area (Å²) in [5.41, 5.74) is 8.15. The lowest BCUT2D eigenvalue weighted by atomic mass is 10.0. The summed E-state index contributed by atoms with van der Waals surface area (Å²) >= 11 is 5.90. The Hall–Kier alpha value is -3.50. The number of hydrogen-bond acceptors (Lipinski definition) is 5. The number of sulfone groups is 1. The second-order valence-corrected chi connectivity index (χ2v) is 10.3. The van der Waals surface area contributed by atoms with Gasteiger partial charge in [-0.25, -0.2) is 12.8 Å². The quantitative estimate of drug-likeness (QED) is 0.591.